The number of nitrogens with zero attached hydrogens (tertiary/aromatic N) is 3. The lowest BCUT2D eigenvalue weighted by atomic mass is 10.3. The minimum Gasteiger partial charge on any atom is -0.497 e. The fourth-order valence-corrected chi connectivity index (χ4v) is 7.25. The van der Waals surface area contributed by atoms with Gasteiger partial charge >= 0.3 is 0 Å². The number of ether oxygens (including phenoxy) is 3. The third-order valence-electron chi connectivity index (χ3n) is 6.83. The number of anilines is 2. The molecule has 0 atom stereocenters. The van der Waals surface area contributed by atoms with Gasteiger partial charge in [-0.15, -0.1) is 0 Å². The second-order valence-corrected chi connectivity index (χ2v) is 13.3. The second kappa shape index (κ2) is 13.0. The van der Waals surface area contributed by atoms with E-state index in [1.165, 1.54) is 80.2 Å². The zero-order chi connectivity index (χ0) is 30.5. The molecule has 42 heavy (non-hydrogen) atoms. The molecule has 1 N–H and O–H groups in total. The van der Waals surface area contributed by atoms with E-state index in [0.717, 1.165) is 4.31 Å². The summed E-state index contributed by atoms with van der Waals surface area (Å²) in [5, 5.41) is 2.66. The first-order valence-corrected chi connectivity index (χ1v) is 15.8. The molecule has 3 aromatic rings. The van der Waals surface area contributed by atoms with Crippen molar-refractivity contribution in [3.8, 4) is 17.2 Å². The number of piperazine rings is 1. The third-order valence-corrected chi connectivity index (χ3v) is 10.5. The molecular formula is C28H34N4O8S2. The number of benzene rings is 3. The number of likely N-dealkylation sites (N-methyl/N-ethyl adjacent to an activating group) is 1. The van der Waals surface area contributed by atoms with E-state index >= 15 is 0 Å². The van der Waals surface area contributed by atoms with Crippen molar-refractivity contribution in [3.63, 3.8) is 0 Å². The van der Waals surface area contributed by atoms with Crippen molar-refractivity contribution in [1.29, 1.82) is 0 Å². The molecule has 3 aromatic carbocycles. The Labute approximate surface area is 246 Å². The highest BCUT2D eigenvalue weighted by atomic mass is 32.2. The molecule has 0 spiro atoms. The van der Waals surface area contributed by atoms with Gasteiger partial charge in [0.1, 0.15) is 12.3 Å². The molecule has 14 heteroatoms. The van der Waals surface area contributed by atoms with Crippen LogP contribution in [-0.2, 0) is 24.8 Å². The Bertz CT molecular complexity index is 1600. The minimum atomic E-state index is -4.25. The number of sulfonamides is 2. The Balaban J connectivity index is 1.57. The van der Waals surface area contributed by atoms with Crippen LogP contribution in [0.1, 0.15) is 0 Å². The van der Waals surface area contributed by atoms with Crippen LogP contribution in [0.4, 0.5) is 11.4 Å². The molecule has 0 aromatic heterocycles. The topological polar surface area (TPSA) is 135 Å². The maximum atomic E-state index is 13.8. The number of hydrogen-bond acceptors (Lipinski definition) is 9. The van der Waals surface area contributed by atoms with Gasteiger partial charge in [-0.05, 0) is 67.7 Å². The molecule has 0 radical (unpaired) electrons. The highest BCUT2D eigenvalue weighted by Gasteiger charge is 2.30. The van der Waals surface area contributed by atoms with Crippen LogP contribution in [0, 0.1) is 0 Å². The van der Waals surface area contributed by atoms with E-state index in [2.05, 4.69) is 10.2 Å². The molecule has 0 aliphatic carbocycles. The Morgan fingerprint density at radius 3 is 1.95 bits per heavy atom. The Kier molecular flexibility index (Phi) is 9.61. The molecule has 1 aliphatic rings. The predicted octanol–water partition coefficient (Wildman–Crippen LogP) is 2.48. The van der Waals surface area contributed by atoms with Crippen LogP contribution in [0.2, 0.25) is 0 Å². The van der Waals surface area contributed by atoms with Crippen LogP contribution < -0.4 is 23.8 Å². The number of carbonyl (C=O) groups excluding carboxylic acids is 1. The summed E-state index contributed by atoms with van der Waals surface area (Å²) in [5.74, 6) is 0.440. The number of carbonyl (C=O) groups is 1. The monoisotopic (exact) mass is 618 g/mol. The van der Waals surface area contributed by atoms with Crippen LogP contribution in [0.15, 0.2) is 76.5 Å². The Hall–Kier alpha value is -3.85. The lowest BCUT2D eigenvalue weighted by molar-refractivity contribution is -0.114. The van der Waals surface area contributed by atoms with Gasteiger partial charge in [0.05, 0.1) is 36.8 Å². The van der Waals surface area contributed by atoms with E-state index < -0.39 is 32.5 Å². The molecule has 226 valence electrons. The van der Waals surface area contributed by atoms with E-state index in [4.69, 9.17) is 14.2 Å². The van der Waals surface area contributed by atoms with Crippen molar-refractivity contribution < 1.29 is 35.8 Å². The summed E-state index contributed by atoms with van der Waals surface area (Å²) in [6.07, 6.45) is 0. The first-order chi connectivity index (χ1) is 20.0. The van der Waals surface area contributed by atoms with Crippen molar-refractivity contribution in [3.05, 3.63) is 66.7 Å². The Morgan fingerprint density at radius 1 is 0.786 bits per heavy atom. The summed E-state index contributed by atoms with van der Waals surface area (Å²) in [6.45, 7) is 1.51. The van der Waals surface area contributed by atoms with Crippen LogP contribution >= 0.6 is 0 Å². The van der Waals surface area contributed by atoms with Crippen LogP contribution in [0.25, 0.3) is 0 Å². The van der Waals surface area contributed by atoms with Crippen LogP contribution in [-0.4, -0.2) is 93.0 Å². The summed E-state index contributed by atoms with van der Waals surface area (Å²) < 4.78 is 71.8. The van der Waals surface area contributed by atoms with Gasteiger partial charge in [0.15, 0.2) is 11.5 Å². The number of hydrogen-bond donors (Lipinski definition) is 1. The fourth-order valence-electron chi connectivity index (χ4n) is 4.39. The number of rotatable bonds is 11. The minimum absolute atomic E-state index is 0.109. The van der Waals surface area contributed by atoms with Gasteiger partial charge in [-0.25, -0.2) is 16.8 Å². The fraction of sp³-hybridized carbons (Fsp3) is 0.321. The Morgan fingerprint density at radius 2 is 1.38 bits per heavy atom. The summed E-state index contributed by atoms with van der Waals surface area (Å²) in [5.41, 5.74) is 0.546. The standard InChI is InChI=1S/C28H34N4O8S2/c1-30-15-17-31(18-16-30)41(34,35)24-11-5-21(6-12-24)29-28(33)20-32(22-7-9-23(38-2)10-8-22)42(36,37)25-13-14-26(39-3)27(19-25)40-4/h5-14,19H,15-18,20H2,1-4H3,(H,29,33). The van der Waals surface area contributed by atoms with E-state index in [1.54, 1.807) is 12.1 Å². The van der Waals surface area contributed by atoms with Gasteiger partial charge in [-0.2, -0.15) is 4.31 Å². The lowest BCUT2D eigenvalue weighted by Crippen LogP contribution is -2.46. The molecule has 0 unspecified atom stereocenters. The highest BCUT2D eigenvalue weighted by Crippen LogP contribution is 2.32. The van der Waals surface area contributed by atoms with Gasteiger partial charge in [0.25, 0.3) is 10.0 Å². The molecule has 1 saturated heterocycles. The molecule has 0 saturated carbocycles. The summed E-state index contributed by atoms with van der Waals surface area (Å²) in [4.78, 5) is 15.2. The van der Waals surface area contributed by atoms with E-state index in [9.17, 15) is 21.6 Å². The summed E-state index contributed by atoms with van der Waals surface area (Å²) in [7, 11) is -1.67. The van der Waals surface area contributed by atoms with Crippen molar-refractivity contribution in [1.82, 2.24) is 9.21 Å². The molecule has 1 heterocycles. The van der Waals surface area contributed by atoms with Crippen LogP contribution in [0.5, 0.6) is 17.2 Å². The van der Waals surface area contributed by atoms with Crippen molar-refractivity contribution in [2.24, 2.45) is 0 Å². The van der Waals surface area contributed by atoms with Gasteiger partial charge in [-0.1, -0.05) is 0 Å². The van der Waals surface area contributed by atoms with E-state index in [-0.39, 0.29) is 21.2 Å². The normalized spacial score (nSPS) is 14.7. The second-order valence-electron chi connectivity index (χ2n) is 9.51. The molecule has 1 amide bonds. The average molecular weight is 619 g/mol. The van der Waals surface area contributed by atoms with Crippen molar-refractivity contribution in [2.75, 3.05) is 70.7 Å². The largest absolute Gasteiger partial charge is 0.497 e. The number of methoxy groups -OCH3 is 3. The molecule has 0 bridgehead atoms. The summed E-state index contributed by atoms with van der Waals surface area (Å²) in [6, 6.07) is 16.2. The average Bonchev–Trinajstić information content (AvgIpc) is 3.00. The predicted molar refractivity (Wildman–Crippen MR) is 158 cm³/mol. The molecule has 1 aliphatic heterocycles. The maximum absolute atomic E-state index is 13.8. The van der Waals surface area contributed by atoms with Crippen molar-refractivity contribution in [2.45, 2.75) is 9.79 Å². The van der Waals surface area contributed by atoms with Crippen molar-refractivity contribution >= 4 is 37.3 Å². The zero-order valence-corrected chi connectivity index (χ0v) is 25.4. The number of amides is 1. The lowest BCUT2D eigenvalue weighted by Gasteiger charge is -2.31. The van der Waals surface area contributed by atoms with Gasteiger partial charge < -0.3 is 24.4 Å². The van der Waals surface area contributed by atoms with E-state index in [0.29, 0.717) is 43.4 Å². The highest BCUT2D eigenvalue weighted by molar-refractivity contribution is 7.92. The SMILES string of the molecule is COc1ccc(N(CC(=O)Nc2ccc(S(=O)(=O)N3CCN(C)CC3)cc2)S(=O)(=O)c2ccc(OC)c(OC)c2)cc1. The van der Waals surface area contributed by atoms with Crippen LogP contribution in [0.3, 0.4) is 0 Å². The van der Waals surface area contributed by atoms with E-state index in [1.807, 2.05) is 7.05 Å². The number of nitrogens with one attached hydrogen (secondary N) is 1. The molecule has 1 fully saturated rings. The maximum Gasteiger partial charge on any atom is 0.264 e. The first kappa shape index (κ1) is 31.1. The van der Waals surface area contributed by atoms with Gasteiger partial charge in [0.2, 0.25) is 15.9 Å². The zero-order valence-electron chi connectivity index (χ0n) is 23.8. The third kappa shape index (κ3) is 6.78. The summed E-state index contributed by atoms with van der Waals surface area (Å²) >= 11 is 0. The van der Waals surface area contributed by atoms with Gasteiger partial charge in [0, 0.05) is 37.9 Å². The quantitative estimate of drug-likeness (QED) is 0.344. The first-order valence-electron chi connectivity index (χ1n) is 13.0. The van der Waals surface area contributed by atoms with Gasteiger partial charge in [-0.3, -0.25) is 9.10 Å². The molecule has 12 nitrogen and oxygen atoms in total. The molecule has 4 rings (SSSR count). The molecular weight excluding hydrogens is 584 g/mol. The smallest absolute Gasteiger partial charge is 0.264 e.